The molecule has 0 aliphatic heterocycles. The maximum Gasteiger partial charge on any atom is 0.0549 e. The average molecular weight is 212 g/mol. The summed E-state index contributed by atoms with van der Waals surface area (Å²) in [5.74, 6) is 0. The van der Waals surface area contributed by atoms with Gasteiger partial charge >= 0.3 is 0 Å². The van der Waals surface area contributed by atoms with Gasteiger partial charge in [-0.3, -0.25) is 0 Å². The second kappa shape index (κ2) is 7.87. The van der Waals surface area contributed by atoms with Crippen molar-refractivity contribution in [2.45, 2.75) is 25.9 Å². The average Bonchev–Trinajstić information content (AvgIpc) is 2.11. The maximum atomic E-state index is 9.17. The van der Waals surface area contributed by atoms with Gasteiger partial charge in [-0.1, -0.05) is 30.1 Å². The molecule has 0 saturated carbocycles. The Morgan fingerprint density at radius 1 is 1.67 bits per heavy atom. The first-order valence-corrected chi connectivity index (χ1v) is 4.85. The summed E-state index contributed by atoms with van der Waals surface area (Å²) in [5.41, 5.74) is 1.34. The lowest BCUT2D eigenvalue weighted by molar-refractivity contribution is 0.160. The zero-order valence-electron chi connectivity index (χ0n) is 7.19. The monoisotopic (exact) mass is 211 g/mol. The zero-order valence-corrected chi connectivity index (χ0v) is 8.70. The van der Waals surface area contributed by atoms with Crippen molar-refractivity contribution in [3.05, 3.63) is 10.6 Å². The van der Waals surface area contributed by atoms with Crippen LogP contribution in [0.15, 0.2) is 10.6 Å². The van der Waals surface area contributed by atoms with Crippen molar-refractivity contribution in [2.75, 3.05) is 13.1 Å². The molecule has 0 saturated heterocycles. The Balaban J connectivity index is 3.21. The number of hydrogen-bond donors (Lipinski definition) is 2. The molecule has 0 aliphatic rings. The zero-order chi connectivity index (χ0) is 9.40. The van der Waals surface area contributed by atoms with Crippen LogP contribution in [0.4, 0.5) is 0 Å². The fourth-order valence-electron chi connectivity index (χ4n) is 0.719. The molecule has 0 aromatic rings. The van der Waals surface area contributed by atoms with E-state index < -0.39 is 0 Å². The van der Waals surface area contributed by atoms with Gasteiger partial charge in [0.05, 0.1) is 6.10 Å². The summed E-state index contributed by atoms with van der Waals surface area (Å²) >= 11 is 11.0. The molecule has 2 N–H and O–H groups in total. The van der Waals surface area contributed by atoms with Gasteiger partial charge < -0.3 is 10.4 Å². The number of aliphatic hydroxyl groups excluding tert-OH is 1. The first kappa shape index (κ1) is 12.2. The Bertz CT molecular complexity index is 139. The Labute approximate surface area is 83.6 Å². The first-order chi connectivity index (χ1) is 5.70. The van der Waals surface area contributed by atoms with E-state index in [0.717, 1.165) is 19.4 Å². The molecule has 0 rings (SSSR count). The molecule has 0 bridgehead atoms. The molecule has 0 fully saturated rings. The highest BCUT2D eigenvalue weighted by atomic mass is 35.5. The largest absolute Gasteiger partial charge is 0.393 e. The highest BCUT2D eigenvalue weighted by Gasteiger charge is 1.99. The van der Waals surface area contributed by atoms with Gasteiger partial charge in [-0.05, 0) is 19.4 Å². The number of halogens is 2. The van der Waals surface area contributed by atoms with E-state index in [9.17, 15) is 0 Å². The molecule has 0 heterocycles. The van der Waals surface area contributed by atoms with E-state index in [4.69, 9.17) is 28.3 Å². The van der Waals surface area contributed by atoms with E-state index in [1.807, 2.05) is 6.92 Å². The Morgan fingerprint density at radius 3 is 2.83 bits per heavy atom. The molecule has 12 heavy (non-hydrogen) atoms. The van der Waals surface area contributed by atoms with Gasteiger partial charge in [-0.25, -0.2) is 0 Å². The molecular weight excluding hydrogens is 197 g/mol. The number of hydrogen-bond acceptors (Lipinski definition) is 2. The van der Waals surface area contributed by atoms with Gasteiger partial charge in [0, 0.05) is 17.1 Å². The van der Waals surface area contributed by atoms with Crippen molar-refractivity contribution in [1.29, 1.82) is 0 Å². The van der Waals surface area contributed by atoms with Crippen molar-refractivity contribution >= 4 is 23.2 Å². The van der Waals surface area contributed by atoms with Gasteiger partial charge in [0.2, 0.25) is 0 Å². The van der Waals surface area contributed by atoms with E-state index >= 15 is 0 Å². The van der Waals surface area contributed by atoms with E-state index in [2.05, 4.69) is 5.32 Å². The summed E-state index contributed by atoms with van der Waals surface area (Å²) in [6, 6.07) is 0. The summed E-state index contributed by atoms with van der Waals surface area (Å²) in [6.07, 6.45) is 1.33. The summed E-state index contributed by atoms with van der Waals surface area (Å²) in [5, 5.41) is 12.8. The third kappa shape index (κ3) is 6.92. The lowest BCUT2D eigenvalue weighted by Gasteiger charge is -2.07. The molecule has 0 aromatic carbocycles. The minimum Gasteiger partial charge on any atom is -0.393 e. The SMILES string of the molecule is CCC(O)CCNCC(Cl)=CCl. The summed E-state index contributed by atoms with van der Waals surface area (Å²) < 4.78 is 0. The fraction of sp³-hybridized carbons (Fsp3) is 0.750. The van der Waals surface area contributed by atoms with Gasteiger partial charge in [-0.15, -0.1) is 0 Å². The molecule has 72 valence electrons. The van der Waals surface area contributed by atoms with Crippen molar-refractivity contribution in [3.8, 4) is 0 Å². The van der Waals surface area contributed by atoms with Crippen molar-refractivity contribution in [2.24, 2.45) is 0 Å². The molecule has 0 aliphatic carbocycles. The van der Waals surface area contributed by atoms with Crippen LogP contribution in [0.1, 0.15) is 19.8 Å². The summed E-state index contributed by atoms with van der Waals surface area (Å²) in [4.78, 5) is 0. The van der Waals surface area contributed by atoms with E-state index in [1.54, 1.807) is 0 Å². The Kier molecular flexibility index (Phi) is 8.02. The number of nitrogens with one attached hydrogen (secondary N) is 1. The second-order valence-corrected chi connectivity index (χ2v) is 3.29. The minimum absolute atomic E-state index is 0.212. The van der Waals surface area contributed by atoms with Crippen LogP contribution < -0.4 is 5.32 Å². The number of rotatable bonds is 6. The predicted octanol–water partition coefficient (Wildman–Crippen LogP) is 2.06. The fourth-order valence-corrected chi connectivity index (χ4v) is 0.891. The minimum atomic E-state index is -0.212. The van der Waals surface area contributed by atoms with Crippen LogP contribution in [0.3, 0.4) is 0 Å². The Morgan fingerprint density at radius 2 is 2.33 bits per heavy atom. The van der Waals surface area contributed by atoms with Gasteiger partial charge in [0.1, 0.15) is 0 Å². The molecule has 1 unspecified atom stereocenters. The van der Waals surface area contributed by atoms with E-state index in [-0.39, 0.29) is 6.10 Å². The second-order valence-electron chi connectivity index (χ2n) is 2.58. The van der Waals surface area contributed by atoms with Crippen LogP contribution in [0.5, 0.6) is 0 Å². The molecule has 0 amide bonds. The molecular formula is C8H15Cl2NO. The van der Waals surface area contributed by atoms with Crippen LogP contribution in [-0.2, 0) is 0 Å². The van der Waals surface area contributed by atoms with E-state index in [1.165, 1.54) is 5.54 Å². The molecule has 0 aromatic heterocycles. The highest BCUT2D eigenvalue weighted by Crippen LogP contribution is 2.00. The molecule has 1 atom stereocenters. The van der Waals surface area contributed by atoms with Crippen LogP contribution in [0.2, 0.25) is 0 Å². The van der Waals surface area contributed by atoms with Crippen LogP contribution in [0.25, 0.3) is 0 Å². The van der Waals surface area contributed by atoms with Crippen molar-refractivity contribution < 1.29 is 5.11 Å². The molecule has 0 radical (unpaired) electrons. The van der Waals surface area contributed by atoms with E-state index in [0.29, 0.717) is 11.6 Å². The van der Waals surface area contributed by atoms with Crippen LogP contribution in [0, 0.1) is 0 Å². The third-order valence-corrected chi connectivity index (χ3v) is 2.16. The third-order valence-electron chi connectivity index (χ3n) is 1.54. The summed E-state index contributed by atoms with van der Waals surface area (Å²) in [6.45, 7) is 3.29. The van der Waals surface area contributed by atoms with Crippen LogP contribution >= 0.6 is 23.2 Å². The first-order valence-electron chi connectivity index (χ1n) is 4.04. The lowest BCUT2D eigenvalue weighted by atomic mass is 10.2. The lowest BCUT2D eigenvalue weighted by Crippen LogP contribution is -2.21. The smallest absolute Gasteiger partial charge is 0.0549 e. The van der Waals surface area contributed by atoms with Crippen LogP contribution in [-0.4, -0.2) is 24.3 Å². The Hall–Kier alpha value is 0.240. The van der Waals surface area contributed by atoms with Crippen molar-refractivity contribution in [1.82, 2.24) is 5.32 Å². The molecule has 0 spiro atoms. The van der Waals surface area contributed by atoms with Gasteiger partial charge in [0.25, 0.3) is 0 Å². The summed E-state index contributed by atoms with van der Waals surface area (Å²) in [7, 11) is 0. The molecule has 2 nitrogen and oxygen atoms in total. The normalized spacial score (nSPS) is 14.8. The standard InChI is InChI=1S/C8H15Cl2NO/c1-2-8(12)3-4-11-6-7(10)5-9/h5,8,11-12H,2-4,6H2,1H3. The highest BCUT2D eigenvalue weighted by molar-refractivity contribution is 6.36. The van der Waals surface area contributed by atoms with Crippen molar-refractivity contribution in [3.63, 3.8) is 0 Å². The van der Waals surface area contributed by atoms with Gasteiger partial charge in [-0.2, -0.15) is 0 Å². The predicted molar refractivity (Wildman–Crippen MR) is 53.6 cm³/mol. The number of aliphatic hydroxyl groups is 1. The van der Waals surface area contributed by atoms with Gasteiger partial charge in [0.15, 0.2) is 0 Å². The molecule has 4 heteroatoms. The quantitative estimate of drug-likeness (QED) is 0.660. The topological polar surface area (TPSA) is 32.3 Å². The maximum absolute atomic E-state index is 9.17.